The number of nitrogens with zero attached hydrogens (tertiary/aromatic N) is 4. The van der Waals surface area contributed by atoms with Crippen LogP contribution in [-0.2, 0) is 0 Å². The molecular weight excluding hydrogens is 240 g/mol. The van der Waals surface area contributed by atoms with E-state index in [1.165, 1.54) is 0 Å². The maximum absolute atomic E-state index is 5.97. The van der Waals surface area contributed by atoms with Gasteiger partial charge in [-0.3, -0.25) is 4.40 Å². The Hall–Kier alpha value is -2.63. The number of rotatable bonds is 3. The van der Waals surface area contributed by atoms with Gasteiger partial charge in [0.1, 0.15) is 6.33 Å². The highest BCUT2D eigenvalue weighted by Gasteiger charge is 2.11. The maximum Gasteiger partial charge on any atom is 0.203 e. The SMILES string of the molecule is CC(Nc1nccn2cnnc12)c1ccccc1N. The summed E-state index contributed by atoms with van der Waals surface area (Å²) in [6.45, 7) is 2.03. The molecule has 3 rings (SSSR count). The second kappa shape index (κ2) is 4.56. The number of aromatic nitrogens is 4. The van der Waals surface area contributed by atoms with Gasteiger partial charge in [-0.2, -0.15) is 0 Å². The molecule has 0 fully saturated rings. The van der Waals surface area contributed by atoms with Crippen LogP contribution in [0.5, 0.6) is 0 Å². The molecule has 3 N–H and O–H groups in total. The monoisotopic (exact) mass is 254 g/mol. The van der Waals surface area contributed by atoms with Gasteiger partial charge in [-0.1, -0.05) is 18.2 Å². The summed E-state index contributed by atoms with van der Waals surface area (Å²) in [5.74, 6) is 0.691. The number of para-hydroxylation sites is 1. The van der Waals surface area contributed by atoms with Crippen molar-refractivity contribution in [3.05, 3.63) is 48.5 Å². The molecule has 6 heteroatoms. The van der Waals surface area contributed by atoms with E-state index in [9.17, 15) is 0 Å². The summed E-state index contributed by atoms with van der Waals surface area (Å²) < 4.78 is 1.82. The highest BCUT2D eigenvalue weighted by Crippen LogP contribution is 2.24. The minimum absolute atomic E-state index is 0.0385. The van der Waals surface area contributed by atoms with Crippen molar-refractivity contribution in [2.24, 2.45) is 0 Å². The zero-order valence-corrected chi connectivity index (χ0v) is 10.5. The Bertz CT molecular complexity index is 705. The molecule has 0 spiro atoms. The molecule has 2 aromatic heterocycles. The van der Waals surface area contributed by atoms with E-state index in [2.05, 4.69) is 20.5 Å². The summed E-state index contributed by atoms with van der Waals surface area (Å²) in [4.78, 5) is 4.30. The fourth-order valence-electron chi connectivity index (χ4n) is 2.05. The van der Waals surface area contributed by atoms with Crippen LogP contribution in [0.3, 0.4) is 0 Å². The Morgan fingerprint density at radius 2 is 2.16 bits per heavy atom. The van der Waals surface area contributed by atoms with Crippen LogP contribution in [0.15, 0.2) is 43.0 Å². The molecule has 0 saturated heterocycles. The Kier molecular flexibility index (Phi) is 2.75. The van der Waals surface area contributed by atoms with Crippen molar-refractivity contribution in [1.29, 1.82) is 0 Å². The predicted octanol–water partition coefficient (Wildman–Crippen LogP) is 1.88. The number of hydrogen-bond donors (Lipinski definition) is 2. The molecule has 1 aromatic carbocycles. The van der Waals surface area contributed by atoms with Crippen molar-refractivity contribution in [2.45, 2.75) is 13.0 Å². The van der Waals surface area contributed by atoms with Crippen molar-refractivity contribution in [3.8, 4) is 0 Å². The van der Waals surface area contributed by atoms with Crippen LogP contribution in [0, 0.1) is 0 Å². The smallest absolute Gasteiger partial charge is 0.203 e. The lowest BCUT2D eigenvalue weighted by Gasteiger charge is -2.16. The molecule has 0 bridgehead atoms. The fourth-order valence-corrected chi connectivity index (χ4v) is 2.05. The van der Waals surface area contributed by atoms with E-state index in [4.69, 9.17) is 5.73 Å². The third-order valence-electron chi connectivity index (χ3n) is 3.03. The molecule has 3 aromatic rings. The van der Waals surface area contributed by atoms with E-state index < -0.39 is 0 Å². The van der Waals surface area contributed by atoms with Gasteiger partial charge < -0.3 is 11.1 Å². The Morgan fingerprint density at radius 3 is 3.00 bits per heavy atom. The predicted molar refractivity (Wildman–Crippen MR) is 73.7 cm³/mol. The topological polar surface area (TPSA) is 81.1 Å². The molecule has 0 aliphatic rings. The number of nitrogen functional groups attached to an aromatic ring is 1. The van der Waals surface area contributed by atoms with Crippen LogP contribution in [0.4, 0.5) is 11.5 Å². The fraction of sp³-hybridized carbons (Fsp3) is 0.154. The lowest BCUT2D eigenvalue weighted by molar-refractivity contribution is 0.875. The first-order valence-electron chi connectivity index (χ1n) is 6.01. The zero-order chi connectivity index (χ0) is 13.2. The van der Waals surface area contributed by atoms with E-state index in [0.717, 1.165) is 11.3 Å². The molecular formula is C13H14N6. The second-order valence-corrected chi connectivity index (χ2v) is 4.33. The highest BCUT2D eigenvalue weighted by atomic mass is 15.2. The number of benzene rings is 1. The van der Waals surface area contributed by atoms with Crippen LogP contribution in [-0.4, -0.2) is 19.6 Å². The van der Waals surface area contributed by atoms with E-state index in [1.54, 1.807) is 12.5 Å². The Labute approximate surface area is 110 Å². The quantitative estimate of drug-likeness (QED) is 0.697. The minimum atomic E-state index is 0.0385. The molecule has 96 valence electrons. The highest BCUT2D eigenvalue weighted by molar-refractivity contribution is 5.63. The number of fused-ring (bicyclic) bond motifs is 1. The summed E-state index contributed by atoms with van der Waals surface area (Å²) in [5.41, 5.74) is 8.47. The molecule has 0 radical (unpaired) electrons. The average molecular weight is 254 g/mol. The van der Waals surface area contributed by atoms with Crippen LogP contribution >= 0.6 is 0 Å². The van der Waals surface area contributed by atoms with Crippen LogP contribution in [0.1, 0.15) is 18.5 Å². The van der Waals surface area contributed by atoms with E-state index in [0.29, 0.717) is 11.5 Å². The van der Waals surface area contributed by atoms with Crippen LogP contribution in [0.2, 0.25) is 0 Å². The van der Waals surface area contributed by atoms with Gasteiger partial charge in [0.2, 0.25) is 5.65 Å². The van der Waals surface area contributed by atoms with Gasteiger partial charge in [-0.05, 0) is 18.6 Å². The molecule has 2 heterocycles. The molecule has 0 saturated carbocycles. The molecule has 0 amide bonds. The summed E-state index contributed by atoms with van der Waals surface area (Å²) in [6.07, 6.45) is 5.16. The van der Waals surface area contributed by atoms with Crippen molar-refractivity contribution in [1.82, 2.24) is 19.6 Å². The first-order chi connectivity index (χ1) is 9.25. The molecule has 1 unspecified atom stereocenters. The number of hydrogen-bond acceptors (Lipinski definition) is 5. The largest absolute Gasteiger partial charge is 0.398 e. The first-order valence-corrected chi connectivity index (χ1v) is 6.01. The summed E-state index contributed by atoms with van der Waals surface area (Å²) in [7, 11) is 0. The normalized spacial score (nSPS) is 12.5. The summed E-state index contributed by atoms with van der Waals surface area (Å²) in [5, 5.41) is 11.2. The lowest BCUT2D eigenvalue weighted by atomic mass is 10.1. The molecule has 0 aliphatic carbocycles. The van der Waals surface area contributed by atoms with Crippen LogP contribution < -0.4 is 11.1 Å². The van der Waals surface area contributed by atoms with Gasteiger partial charge >= 0.3 is 0 Å². The second-order valence-electron chi connectivity index (χ2n) is 4.33. The zero-order valence-electron chi connectivity index (χ0n) is 10.5. The molecule has 6 nitrogen and oxygen atoms in total. The van der Waals surface area contributed by atoms with E-state index in [1.807, 2.05) is 41.8 Å². The van der Waals surface area contributed by atoms with Crippen molar-refractivity contribution >= 4 is 17.2 Å². The average Bonchev–Trinajstić information content (AvgIpc) is 2.88. The van der Waals surface area contributed by atoms with Crippen molar-refractivity contribution in [2.75, 3.05) is 11.1 Å². The van der Waals surface area contributed by atoms with Gasteiger partial charge in [0.25, 0.3) is 0 Å². The third-order valence-corrected chi connectivity index (χ3v) is 3.03. The molecule has 1 atom stereocenters. The number of nitrogens with two attached hydrogens (primary N) is 1. The Morgan fingerprint density at radius 1 is 1.32 bits per heavy atom. The van der Waals surface area contributed by atoms with Gasteiger partial charge in [-0.25, -0.2) is 4.98 Å². The maximum atomic E-state index is 5.97. The van der Waals surface area contributed by atoms with Gasteiger partial charge in [-0.15, -0.1) is 10.2 Å². The van der Waals surface area contributed by atoms with Crippen molar-refractivity contribution in [3.63, 3.8) is 0 Å². The third kappa shape index (κ3) is 2.08. The lowest BCUT2D eigenvalue weighted by Crippen LogP contribution is -2.11. The van der Waals surface area contributed by atoms with Crippen LogP contribution in [0.25, 0.3) is 5.65 Å². The van der Waals surface area contributed by atoms with Gasteiger partial charge in [0, 0.05) is 18.1 Å². The number of nitrogens with one attached hydrogen (secondary N) is 1. The molecule has 0 aliphatic heterocycles. The minimum Gasteiger partial charge on any atom is -0.398 e. The number of anilines is 2. The Balaban J connectivity index is 1.93. The molecule has 19 heavy (non-hydrogen) atoms. The summed E-state index contributed by atoms with van der Waals surface area (Å²) in [6, 6.07) is 7.81. The standard InChI is InChI=1S/C13H14N6/c1-9(10-4-2-3-5-11(10)14)17-12-13-18-16-8-19(13)7-6-15-12/h2-9H,14H2,1H3,(H,15,17). The van der Waals surface area contributed by atoms with Crippen molar-refractivity contribution < 1.29 is 0 Å². The van der Waals surface area contributed by atoms with Gasteiger partial charge in [0.05, 0.1) is 6.04 Å². The van der Waals surface area contributed by atoms with E-state index >= 15 is 0 Å². The van der Waals surface area contributed by atoms with E-state index in [-0.39, 0.29) is 6.04 Å². The summed E-state index contributed by atoms with van der Waals surface area (Å²) >= 11 is 0. The van der Waals surface area contributed by atoms with Gasteiger partial charge in [0.15, 0.2) is 5.82 Å². The first kappa shape index (κ1) is 11.5.